The molecule has 0 bridgehead atoms. The summed E-state index contributed by atoms with van der Waals surface area (Å²) < 4.78 is 0. The highest BCUT2D eigenvalue weighted by molar-refractivity contribution is 5.16. The standard InChI is InChI=1S/C15H26N4/c1-15(2,12-19-9-7-17-8-10-19)14(16-3)13-5-4-6-18-11-13/h4-6,11,14,16-17H,7-10,12H2,1-3H3. The lowest BCUT2D eigenvalue weighted by Crippen LogP contribution is -2.49. The van der Waals surface area contributed by atoms with Crippen LogP contribution in [0, 0.1) is 5.41 Å². The van der Waals surface area contributed by atoms with E-state index in [1.165, 1.54) is 5.56 Å². The zero-order chi connectivity index (χ0) is 13.7. The van der Waals surface area contributed by atoms with Gasteiger partial charge < -0.3 is 15.5 Å². The molecular formula is C15H26N4. The Morgan fingerprint density at radius 3 is 2.74 bits per heavy atom. The summed E-state index contributed by atoms with van der Waals surface area (Å²) in [5, 5.41) is 6.87. The van der Waals surface area contributed by atoms with Gasteiger partial charge in [-0.3, -0.25) is 4.98 Å². The molecule has 4 nitrogen and oxygen atoms in total. The van der Waals surface area contributed by atoms with E-state index in [2.05, 4.69) is 40.4 Å². The van der Waals surface area contributed by atoms with Gasteiger partial charge in [-0.15, -0.1) is 0 Å². The number of nitrogens with one attached hydrogen (secondary N) is 2. The van der Waals surface area contributed by atoms with E-state index in [1.807, 2.05) is 25.5 Å². The first-order valence-corrected chi connectivity index (χ1v) is 7.14. The molecule has 1 aromatic heterocycles. The lowest BCUT2D eigenvalue weighted by atomic mass is 9.80. The Hall–Kier alpha value is -0.970. The van der Waals surface area contributed by atoms with Crippen LogP contribution in [0.5, 0.6) is 0 Å². The van der Waals surface area contributed by atoms with Gasteiger partial charge in [0.05, 0.1) is 0 Å². The van der Waals surface area contributed by atoms with Crippen LogP contribution in [0.4, 0.5) is 0 Å². The Labute approximate surface area is 116 Å². The maximum Gasteiger partial charge on any atom is 0.0397 e. The van der Waals surface area contributed by atoms with E-state index in [9.17, 15) is 0 Å². The summed E-state index contributed by atoms with van der Waals surface area (Å²) in [5.74, 6) is 0. The second kappa shape index (κ2) is 6.46. The maximum atomic E-state index is 4.25. The molecule has 0 aliphatic carbocycles. The molecule has 2 rings (SSSR count). The van der Waals surface area contributed by atoms with E-state index in [-0.39, 0.29) is 5.41 Å². The SMILES string of the molecule is CNC(c1cccnc1)C(C)(C)CN1CCNCC1. The van der Waals surface area contributed by atoms with E-state index in [4.69, 9.17) is 0 Å². The monoisotopic (exact) mass is 262 g/mol. The topological polar surface area (TPSA) is 40.2 Å². The summed E-state index contributed by atoms with van der Waals surface area (Å²) in [6.45, 7) is 10.3. The summed E-state index contributed by atoms with van der Waals surface area (Å²) in [6.07, 6.45) is 3.81. The lowest BCUT2D eigenvalue weighted by Gasteiger charge is -2.40. The van der Waals surface area contributed by atoms with E-state index in [0.717, 1.165) is 32.7 Å². The second-order valence-electron chi connectivity index (χ2n) is 6.02. The number of piperazine rings is 1. The van der Waals surface area contributed by atoms with Crippen molar-refractivity contribution in [2.45, 2.75) is 19.9 Å². The van der Waals surface area contributed by atoms with Crippen molar-refractivity contribution in [1.29, 1.82) is 0 Å². The minimum atomic E-state index is 0.176. The van der Waals surface area contributed by atoms with Crippen molar-refractivity contribution in [3.63, 3.8) is 0 Å². The fraction of sp³-hybridized carbons (Fsp3) is 0.667. The molecule has 0 saturated carbocycles. The van der Waals surface area contributed by atoms with Crippen LogP contribution in [-0.2, 0) is 0 Å². The van der Waals surface area contributed by atoms with Gasteiger partial charge in [0.25, 0.3) is 0 Å². The third-order valence-corrected chi connectivity index (χ3v) is 3.93. The molecule has 0 spiro atoms. The molecule has 19 heavy (non-hydrogen) atoms. The van der Waals surface area contributed by atoms with Gasteiger partial charge in [-0.05, 0) is 24.1 Å². The minimum absolute atomic E-state index is 0.176. The molecule has 0 aromatic carbocycles. The van der Waals surface area contributed by atoms with Crippen LogP contribution in [0.3, 0.4) is 0 Å². The van der Waals surface area contributed by atoms with Crippen LogP contribution in [0.15, 0.2) is 24.5 Å². The summed E-state index contributed by atoms with van der Waals surface area (Å²) in [5.41, 5.74) is 1.44. The van der Waals surface area contributed by atoms with Gasteiger partial charge in [0.15, 0.2) is 0 Å². The lowest BCUT2D eigenvalue weighted by molar-refractivity contribution is 0.128. The highest BCUT2D eigenvalue weighted by atomic mass is 15.2. The Morgan fingerprint density at radius 1 is 1.42 bits per heavy atom. The third kappa shape index (κ3) is 3.75. The van der Waals surface area contributed by atoms with Crippen LogP contribution in [0.2, 0.25) is 0 Å². The van der Waals surface area contributed by atoms with E-state index in [1.54, 1.807) is 0 Å². The number of rotatable bonds is 5. The summed E-state index contributed by atoms with van der Waals surface area (Å²) in [6, 6.07) is 4.50. The summed E-state index contributed by atoms with van der Waals surface area (Å²) in [7, 11) is 2.04. The first kappa shape index (κ1) is 14.4. The van der Waals surface area contributed by atoms with Crippen LogP contribution < -0.4 is 10.6 Å². The molecule has 0 radical (unpaired) electrons. The normalized spacial score (nSPS) is 19.3. The zero-order valence-electron chi connectivity index (χ0n) is 12.3. The first-order valence-electron chi connectivity index (χ1n) is 7.14. The smallest absolute Gasteiger partial charge is 0.0397 e. The zero-order valence-corrected chi connectivity index (χ0v) is 12.3. The van der Waals surface area contributed by atoms with E-state index in [0.29, 0.717) is 6.04 Å². The number of aromatic nitrogens is 1. The average molecular weight is 262 g/mol. The number of nitrogens with zero attached hydrogens (tertiary/aromatic N) is 2. The van der Waals surface area contributed by atoms with Gasteiger partial charge in [-0.2, -0.15) is 0 Å². The quantitative estimate of drug-likeness (QED) is 0.838. The Balaban J connectivity index is 2.07. The van der Waals surface area contributed by atoms with E-state index < -0.39 is 0 Å². The predicted molar refractivity (Wildman–Crippen MR) is 79.1 cm³/mol. The molecule has 1 aliphatic rings. The van der Waals surface area contributed by atoms with Crippen LogP contribution in [-0.4, -0.2) is 49.7 Å². The van der Waals surface area contributed by atoms with Gasteiger partial charge in [-0.1, -0.05) is 19.9 Å². The number of pyridine rings is 1. The molecule has 1 saturated heterocycles. The summed E-state index contributed by atoms with van der Waals surface area (Å²) >= 11 is 0. The first-order chi connectivity index (χ1) is 9.13. The molecule has 2 heterocycles. The highest BCUT2D eigenvalue weighted by Gasteiger charge is 2.32. The second-order valence-corrected chi connectivity index (χ2v) is 6.02. The minimum Gasteiger partial charge on any atom is -0.314 e. The molecule has 1 fully saturated rings. The van der Waals surface area contributed by atoms with Gasteiger partial charge in [0, 0.05) is 51.2 Å². The Kier molecular flexibility index (Phi) is 4.91. The van der Waals surface area contributed by atoms with Crippen molar-refractivity contribution in [2.75, 3.05) is 39.8 Å². The van der Waals surface area contributed by atoms with Crippen LogP contribution in [0.25, 0.3) is 0 Å². The fourth-order valence-corrected chi connectivity index (χ4v) is 3.09. The van der Waals surface area contributed by atoms with Gasteiger partial charge in [-0.25, -0.2) is 0 Å². The highest BCUT2D eigenvalue weighted by Crippen LogP contribution is 2.33. The molecule has 0 amide bonds. The van der Waals surface area contributed by atoms with Crippen molar-refractivity contribution in [2.24, 2.45) is 5.41 Å². The van der Waals surface area contributed by atoms with Crippen LogP contribution in [0.1, 0.15) is 25.5 Å². The number of hydrogen-bond acceptors (Lipinski definition) is 4. The van der Waals surface area contributed by atoms with E-state index >= 15 is 0 Å². The average Bonchev–Trinajstić information content (AvgIpc) is 2.41. The molecule has 4 heteroatoms. The van der Waals surface area contributed by atoms with Crippen molar-refractivity contribution in [3.05, 3.63) is 30.1 Å². The largest absolute Gasteiger partial charge is 0.314 e. The van der Waals surface area contributed by atoms with Crippen LogP contribution >= 0.6 is 0 Å². The van der Waals surface area contributed by atoms with Crippen molar-refractivity contribution < 1.29 is 0 Å². The Morgan fingerprint density at radius 2 is 2.16 bits per heavy atom. The van der Waals surface area contributed by atoms with Gasteiger partial charge in [0.2, 0.25) is 0 Å². The molecule has 1 aliphatic heterocycles. The number of hydrogen-bond donors (Lipinski definition) is 2. The van der Waals surface area contributed by atoms with Crippen molar-refractivity contribution in [3.8, 4) is 0 Å². The summed E-state index contributed by atoms with van der Waals surface area (Å²) in [4.78, 5) is 6.80. The van der Waals surface area contributed by atoms with Gasteiger partial charge in [0.1, 0.15) is 0 Å². The molecular weight excluding hydrogens is 236 g/mol. The van der Waals surface area contributed by atoms with Crippen molar-refractivity contribution >= 4 is 0 Å². The molecule has 2 N–H and O–H groups in total. The molecule has 106 valence electrons. The molecule has 1 atom stereocenters. The van der Waals surface area contributed by atoms with Crippen molar-refractivity contribution in [1.82, 2.24) is 20.5 Å². The fourth-order valence-electron chi connectivity index (χ4n) is 3.09. The maximum absolute atomic E-state index is 4.25. The molecule has 1 unspecified atom stereocenters. The third-order valence-electron chi connectivity index (χ3n) is 3.93. The predicted octanol–water partition coefficient (Wildman–Crippen LogP) is 1.27. The Bertz CT molecular complexity index is 371. The molecule has 1 aromatic rings. The van der Waals surface area contributed by atoms with Gasteiger partial charge >= 0.3 is 0 Å².